The largest absolute Gasteiger partial charge is 0.491 e. The molecule has 1 aliphatic heterocycles. The van der Waals surface area contributed by atoms with E-state index in [-0.39, 0.29) is 34.4 Å². The number of carbonyl (C=O) groups excluding carboxylic acids is 1. The van der Waals surface area contributed by atoms with E-state index in [1.165, 1.54) is 28.0 Å². The Labute approximate surface area is 249 Å². The fourth-order valence-corrected chi connectivity index (χ4v) is 5.95. The van der Waals surface area contributed by atoms with Crippen LogP contribution in [0.3, 0.4) is 0 Å². The maximum Gasteiger partial charge on any atom is 0.338 e. The molecule has 0 amide bonds. The highest BCUT2D eigenvalue weighted by atomic mass is 35.5. The number of benzene rings is 2. The lowest BCUT2D eigenvalue weighted by molar-refractivity contribution is -0.139. The first-order valence-electron chi connectivity index (χ1n) is 13.2. The molecule has 216 valence electrons. The van der Waals surface area contributed by atoms with Crippen molar-refractivity contribution in [1.29, 1.82) is 0 Å². The number of rotatable bonds is 8. The zero-order chi connectivity index (χ0) is 30.1. The topological polar surface area (TPSA) is 120 Å². The standard InChI is InChI=1S/C31H27ClN2O7S/c1-5-39-30(38)26-17(4)33-31-34(27(26)18-6-9-20(10-7-18)40-16(2)3)28(35)25(42-31)15-21-11-13-24(41-21)19-8-12-22(29(36)37)23(32)14-19/h6-16,27H,5H2,1-4H3,(H,36,37)/b25-15-/t27-/m1/s1. The fraction of sp³-hybridized carbons (Fsp3) is 0.226. The highest BCUT2D eigenvalue weighted by Gasteiger charge is 2.33. The van der Waals surface area contributed by atoms with Gasteiger partial charge in [-0.3, -0.25) is 9.36 Å². The number of carboxylic acids is 1. The molecule has 2 aromatic carbocycles. The summed E-state index contributed by atoms with van der Waals surface area (Å²) in [5.41, 5.74) is 1.70. The van der Waals surface area contributed by atoms with E-state index in [2.05, 4.69) is 4.99 Å². The monoisotopic (exact) mass is 606 g/mol. The normalized spacial score (nSPS) is 15.0. The molecule has 5 rings (SSSR count). The quantitative estimate of drug-likeness (QED) is 0.274. The van der Waals surface area contributed by atoms with Crippen LogP contribution in [0.2, 0.25) is 5.02 Å². The minimum absolute atomic E-state index is 0.00559. The van der Waals surface area contributed by atoms with Crippen molar-refractivity contribution in [3.05, 3.63) is 107 Å². The van der Waals surface area contributed by atoms with Crippen LogP contribution in [-0.2, 0) is 9.53 Å². The average molecular weight is 607 g/mol. The number of aromatic nitrogens is 1. The smallest absolute Gasteiger partial charge is 0.338 e. The molecule has 11 heteroatoms. The lowest BCUT2D eigenvalue weighted by Crippen LogP contribution is -2.39. The maximum atomic E-state index is 13.8. The number of fused-ring (bicyclic) bond motifs is 1. The van der Waals surface area contributed by atoms with Gasteiger partial charge in [-0.15, -0.1) is 0 Å². The van der Waals surface area contributed by atoms with Crippen LogP contribution in [0.1, 0.15) is 55.4 Å². The van der Waals surface area contributed by atoms with E-state index < -0.39 is 18.0 Å². The molecule has 0 aliphatic carbocycles. The summed E-state index contributed by atoms with van der Waals surface area (Å²) in [6.07, 6.45) is 1.61. The number of allylic oxidation sites excluding steroid dienone is 1. The summed E-state index contributed by atoms with van der Waals surface area (Å²) in [6, 6.07) is 14.5. The van der Waals surface area contributed by atoms with Crippen LogP contribution in [0.5, 0.6) is 5.75 Å². The number of hydrogen-bond donors (Lipinski definition) is 1. The molecule has 9 nitrogen and oxygen atoms in total. The molecule has 2 aromatic heterocycles. The second-order valence-corrected chi connectivity index (χ2v) is 11.2. The second kappa shape index (κ2) is 11.8. The minimum Gasteiger partial charge on any atom is -0.491 e. The van der Waals surface area contributed by atoms with Crippen LogP contribution in [0.4, 0.5) is 0 Å². The first-order valence-corrected chi connectivity index (χ1v) is 14.4. The van der Waals surface area contributed by atoms with E-state index in [1.807, 2.05) is 38.1 Å². The summed E-state index contributed by atoms with van der Waals surface area (Å²) in [7, 11) is 0. The molecule has 1 aliphatic rings. The van der Waals surface area contributed by atoms with Gasteiger partial charge in [0.05, 0.1) is 45.1 Å². The third-order valence-corrected chi connectivity index (χ3v) is 7.76. The Bertz CT molecular complexity index is 1900. The van der Waals surface area contributed by atoms with Crippen LogP contribution in [0.15, 0.2) is 80.1 Å². The zero-order valence-electron chi connectivity index (χ0n) is 23.2. The van der Waals surface area contributed by atoms with Gasteiger partial charge in [0.2, 0.25) is 0 Å². The predicted molar refractivity (Wildman–Crippen MR) is 159 cm³/mol. The van der Waals surface area contributed by atoms with Gasteiger partial charge in [-0.05, 0) is 69.7 Å². The van der Waals surface area contributed by atoms with Gasteiger partial charge in [0, 0.05) is 11.6 Å². The highest BCUT2D eigenvalue weighted by Crippen LogP contribution is 2.32. The Kier molecular flexibility index (Phi) is 8.20. The van der Waals surface area contributed by atoms with Crippen LogP contribution >= 0.6 is 22.9 Å². The molecular formula is C31H27ClN2O7S. The number of furan rings is 1. The number of ether oxygens (including phenoxy) is 2. The third-order valence-electron chi connectivity index (χ3n) is 6.47. The summed E-state index contributed by atoms with van der Waals surface area (Å²) in [6.45, 7) is 7.50. The number of carboxylic acid groups (broad SMARTS) is 1. The Morgan fingerprint density at radius 3 is 2.55 bits per heavy atom. The van der Waals surface area contributed by atoms with E-state index in [0.717, 1.165) is 0 Å². The second-order valence-electron chi connectivity index (χ2n) is 9.74. The average Bonchev–Trinajstić information content (AvgIpc) is 3.52. The van der Waals surface area contributed by atoms with Gasteiger partial charge in [0.25, 0.3) is 5.56 Å². The van der Waals surface area contributed by atoms with Gasteiger partial charge in [-0.25, -0.2) is 14.6 Å². The molecule has 1 N–H and O–H groups in total. The number of esters is 1. The number of thiazole rings is 1. The lowest BCUT2D eigenvalue weighted by Gasteiger charge is -2.25. The number of aromatic carboxylic acids is 1. The van der Waals surface area contributed by atoms with Crippen molar-refractivity contribution in [3.63, 3.8) is 0 Å². The van der Waals surface area contributed by atoms with Crippen molar-refractivity contribution < 1.29 is 28.6 Å². The number of hydrogen-bond acceptors (Lipinski definition) is 8. The molecule has 3 heterocycles. The minimum atomic E-state index is -1.12. The van der Waals surface area contributed by atoms with E-state index in [9.17, 15) is 19.5 Å². The summed E-state index contributed by atoms with van der Waals surface area (Å²) in [4.78, 5) is 43.3. The summed E-state index contributed by atoms with van der Waals surface area (Å²) in [5.74, 6) is -0.131. The van der Waals surface area contributed by atoms with Gasteiger partial charge < -0.3 is 19.0 Å². The molecule has 4 aromatic rings. The molecule has 0 spiro atoms. The molecule has 0 radical (unpaired) electrons. The Morgan fingerprint density at radius 2 is 1.90 bits per heavy atom. The van der Waals surface area contributed by atoms with E-state index >= 15 is 0 Å². The Morgan fingerprint density at radius 1 is 1.17 bits per heavy atom. The number of carbonyl (C=O) groups is 2. The predicted octanol–water partition coefficient (Wildman–Crippen LogP) is 5.20. The third kappa shape index (κ3) is 5.68. The summed E-state index contributed by atoms with van der Waals surface area (Å²) >= 11 is 7.30. The zero-order valence-corrected chi connectivity index (χ0v) is 24.8. The molecular weight excluding hydrogens is 580 g/mol. The molecule has 0 bridgehead atoms. The first-order chi connectivity index (χ1) is 20.1. The van der Waals surface area contributed by atoms with Crippen molar-refractivity contribution >= 4 is 41.0 Å². The fourth-order valence-electron chi connectivity index (χ4n) is 4.66. The van der Waals surface area contributed by atoms with Crippen LogP contribution in [0.25, 0.3) is 17.4 Å². The van der Waals surface area contributed by atoms with Crippen LogP contribution in [0, 0.1) is 0 Å². The summed E-state index contributed by atoms with van der Waals surface area (Å²) in [5, 5.41) is 9.32. The van der Waals surface area contributed by atoms with Gasteiger partial charge in [0.15, 0.2) is 4.80 Å². The molecule has 0 saturated carbocycles. The lowest BCUT2D eigenvalue weighted by atomic mass is 9.96. The van der Waals surface area contributed by atoms with Gasteiger partial charge in [0.1, 0.15) is 17.3 Å². The Balaban J connectivity index is 1.58. The highest BCUT2D eigenvalue weighted by molar-refractivity contribution is 7.07. The van der Waals surface area contributed by atoms with E-state index in [1.54, 1.807) is 38.1 Å². The summed E-state index contributed by atoms with van der Waals surface area (Å²) < 4.78 is 18.9. The maximum absolute atomic E-state index is 13.8. The van der Waals surface area contributed by atoms with Gasteiger partial charge >= 0.3 is 11.9 Å². The van der Waals surface area contributed by atoms with Crippen molar-refractivity contribution in [2.45, 2.75) is 39.8 Å². The van der Waals surface area contributed by atoms with Crippen molar-refractivity contribution in [2.24, 2.45) is 4.99 Å². The van der Waals surface area contributed by atoms with Crippen molar-refractivity contribution in [3.8, 4) is 17.1 Å². The molecule has 0 fully saturated rings. The first kappa shape index (κ1) is 29.1. The molecule has 1 atom stereocenters. The van der Waals surface area contributed by atoms with E-state index in [4.69, 9.17) is 25.5 Å². The number of nitrogens with zero attached hydrogens (tertiary/aromatic N) is 2. The van der Waals surface area contributed by atoms with Crippen LogP contribution in [-0.4, -0.2) is 34.3 Å². The van der Waals surface area contributed by atoms with Gasteiger partial charge in [-0.2, -0.15) is 0 Å². The molecule has 0 unspecified atom stereocenters. The van der Waals surface area contributed by atoms with Crippen molar-refractivity contribution in [1.82, 2.24) is 4.57 Å². The van der Waals surface area contributed by atoms with Crippen LogP contribution < -0.4 is 19.6 Å². The van der Waals surface area contributed by atoms with E-state index in [0.29, 0.717) is 43.4 Å². The van der Waals surface area contributed by atoms with Crippen molar-refractivity contribution in [2.75, 3.05) is 6.61 Å². The molecule has 42 heavy (non-hydrogen) atoms. The molecule has 0 saturated heterocycles. The number of halogens is 1. The SMILES string of the molecule is CCOC(=O)C1=C(C)N=c2s/c(=C\c3ccc(-c4ccc(C(=O)O)c(Cl)c4)o3)c(=O)n2[C@@H]1c1ccc(OC(C)C)cc1. The Hall–Kier alpha value is -4.41. The van der Waals surface area contributed by atoms with Gasteiger partial charge in [-0.1, -0.05) is 41.1 Å².